The van der Waals surface area contributed by atoms with Crippen LogP contribution in [0, 0.1) is 0 Å². The van der Waals surface area contributed by atoms with Crippen molar-refractivity contribution >= 4 is 16.0 Å². The van der Waals surface area contributed by atoms with E-state index < -0.39 is 22.0 Å². The van der Waals surface area contributed by atoms with Gasteiger partial charge >= 0.3 is 5.97 Å². The highest BCUT2D eigenvalue weighted by molar-refractivity contribution is 7.89. The van der Waals surface area contributed by atoms with Gasteiger partial charge in [-0.2, -0.15) is 0 Å². The van der Waals surface area contributed by atoms with E-state index in [1.807, 2.05) is 19.1 Å². The molecule has 1 aromatic carbocycles. The standard InChI is InChI=1S/C20H25N3O6S/c1-15-13-23(10-11-28-15)19(20(24)25)12-22-30(26,27)18-4-2-17(3-5-18)29-14-16-6-8-21-9-7-16/h2-9,15,19,22H,10-14H2,1H3,(H,24,25). The number of sulfonamides is 1. The topological polar surface area (TPSA) is 118 Å². The molecule has 1 saturated heterocycles. The molecule has 0 amide bonds. The zero-order valence-corrected chi connectivity index (χ0v) is 17.4. The van der Waals surface area contributed by atoms with Gasteiger partial charge in [0.2, 0.25) is 10.0 Å². The van der Waals surface area contributed by atoms with Crippen molar-refractivity contribution in [3.8, 4) is 5.75 Å². The zero-order chi connectivity index (χ0) is 21.6. The minimum atomic E-state index is -3.86. The van der Waals surface area contributed by atoms with Gasteiger partial charge in [-0.1, -0.05) is 0 Å². The summed E-state index contributed by atoms with van der Waals surface area (Å²) in [5, 5.41) is 9.53. The number of hydrogen-bond acceptors (Lipinski definition) is 7. The van der Waals surface area contributed by atoms with Gasteiger partial charge in [-0.3, -0.25) is 14.7 Å². The normalized spacial score (nSPS) is 18.6. The first kappa shape index (κ1) is 22.2. The largest absolute Gasteiger partial charge is 0.489 e. The van der Waals surface area contributed by atoms with E-state index in [1.54, 1.807) is 29.4 Å². The summed E-state index contributed by atoms with van der Waals surface area (Å²) >= 11 is 0. The number of pyridine rings is 1. The molecule has 1 aliphatic heterocycles. The van der Waals surface area contributed by atoms with Gasteiger partial charge in [-0.25, -0.2) is 13.1 Å². The van der Waals surface area contributed by atoms with Crippen LogP contribution in [0.3, 0.4) is 0 Å². The molecule has 2 atom stereocenters. The third-order valence-electron chi connectivity index (χ3n) is 4.75. The van der Waals surface area contributed by atoms with E-state index in [9.17, 15) is 18.3 Å². The third-order valence-corrected chi connectivity index (χ3v) is 6.19. The van der Waals surface area contributed by atoms with Crippen molar-refractivity contribution in [2.45, 2.75) is 30.6 Å². The maximum absolute atomic E-state index is 12.6. The molecule has 162 valence electrons. The second-order valence-corrected chi connectivity index (χ2v) is 8.76. The van der Waals surface area contributed by atoms with Crippen molar-refractivity contribution < 1.29 is 27.8 Å². The summed E-state index contributed by atoms with van der Waals surface area (Å²) < 4.78 is 38.7. The van der Waals surface area contributed by atoms with Crippen LogP contribution in [0.1, 0.15) is 12.5 Å². The maximum atomic E-state index is 12.6. The Bertz CT molecular complexity index is 937. The molecule has 2 N–H and O–H groups in total. The van der Waals surface area contributed by atoms with Gasteiger partial charge in [0.15, 0.2) is 0 Å². The SMILES string of the molecule is CC1CN(C(CNS(=O)(=O)c2ccc(OCc3ccncc3)cc2)C(=O)O)CCO1. The van der Waals surface area contributed by atoms with Crippen molar-refractivity contribution in [2.24, 2.45) is 0 Å². The van der Waals surface area contributed by atoms with Crippen molar-refractivity contribution in [3.63, 3.8) is 0 Å². The lowest BCUT2D eigenvalue weighted by Crippen LogP contribution is -2.54. The fourth-order valence-electron chi connectivity index (χ4n) is 3.13. The molecule has 1 aromatic heterocycles. The average molecular weight is 436 g/mol. The van der Waals surface area contributed by atoms with Crippen LogP contribution in [-0.2, 0) is 26.2 Å². The highest BCUT2D eigenvalue weighted by atomic mass is 32.2. The Kier molecular flexibility index (Phi) is 7.38. The number of carbonyl (C=O) groups is 1. The maximum Gasteiger partial charge on any atom is 0.322 e. The van der Waals surface area contributed by atoms with Gasteiger partial charge in [0.05, 0.1) is 17.6 Å². The first-order valence-corrected chi connectivity index (χ1v) is 11.0. The number of ether oxygens (including phenoxy) is 2. The average Bonchev–Trinajstić information content (AvgIpc) is 2.73. The number of rotatable bonds is 9. The van der Waals surface area contributed by atoms with E-state index in [0.29, 0.717) is 32.1 Å². The van der Waals surface area contributed by atoms with Gasteiger partial charge in [-0.05, 0) is 48.9 Å². The van der Waals surface area contributed by atoms with E-state index in [1.165, 1.54) is 12.1 Å². The van der Waals surface area contributed by atoms with E-state index in [-0.39, 0.29) is 17.5 Å². The Morgan fingerprint density at radius 1 is 1.30 bits per heavy atom. The Hall–Kier alpha value is -2.53. The van der Waals surface area contributed by atoms with Crippen LogP contribution in [0.4, 0.5) is 0 Å². The smallest absolute Gasteiger partial charge is 0.322 e. The second kappa shape index (κ2) is 9.98. The Morgan fingerprint density at radius 2 is 2.00 bits per heavy atom. The summed E-state index contributed by atoms with van der Waals surface area (Å²) in [6, 6.07) is 8.68. The molecule has 30 heavy (non-hydrogen) atoms. The predicted octanol–water partition coefficient (Wildman–Crippen LogP) is 1.11. The van der Waals surface area contributed by atoms with Crippen LogP contribution >= 0.6 is 0 Å². The van der Waals surface area contributed by atoms with Crippen molar-refractivity contribution in [3.05, 3.63) is 54.4 Å². The molecule has 1 fully saturated rings. The van der Waals surface area contributed by atoms with Crippen molar-refractivity contribution in [1.82, 2.24) is 14.6 Å². The van der Waals surface area contributed by atoms with Crippen LogP contribution in [-0.4, -0.2) is 67.8 Å². The molecule has 0 saturated carbocycles. The van der Waals surface area contributed by atoms with Gasteiger partial charge < -0.3 is 14.6 Å². The Morgan fingerprint density at radius 3 is 2.63 bits per heavy atom. The lowest BCUT2D eigenvalue weighted by Gasteiger charge is -2.35. The summed E-state index contributed by atoms with van der Waals surface area (Å²) in [6.07, 6.45) is 3.24. The summed E-state index contributed by atoms with van der Waals surface area (Å²) in [4.78, 5) is 17.3. The molecular formula is C20H25N3O6S. The van der Waals surface area contributed by atoms with E-state index in [0.717, 1.165) is 5.56 Å². The number of hydrogen-bond donors (Lipinski definition) is 2. The number of benzene rings is 1. The number of nitrogens with one attached hydrogen (secondary N) is 1. The van der Waals surface area contributed by atoms with Crippen LogP contribution in [0.15, 0.2) is 53.7 Å². The van der Waals surface area contributed by atoms with Crippen LogP contribution in [0.5, 0.6) is 5.75 Å². The van der Waals surface area contributed by atoms with Gasteiger partial charge in [0, 0.05) is 32.0 Å². The number of aromatic nitrogens is 1. The highest BCUT2D eigenvalue weighted by Crippen LogP contribution is 2.17. The molecule has 0 bridgehead atoms. The number of carboxylic acid groups (broad SMARTS) is 1. The van der Waals surface area contributed by atoms with Gasteiger partial charge in [0.1, 0.15) is 18.4 Å². The minimum Gasteiger partial charge on any atom is -0.489 e. The van der Waals surface area contributed by atoms with Crippen LogP contribution in [0.2, 0.25) is 0 Å². The van der Waals surface area contributed by atoms with Crippen molar-refractivity contribution in [1.29, 1.82) is 0 Å². The molecule has 0 spiro atoms. The monoisotopic (exact) mass is 435 g/mol. The molecule has 1 aliphatic rings. The summed E-state index contributed by atoms with van der Waals surface area (Å²) in [5.74, 6) is -0.553. The Balaban J connectivity index is 1.59. The summed E-state index contributed by atoms with van der Waals surface area (Å²) in [6.45, 7) is 3.25. The van der Waals surface area contributed by atoms with Crippen molar-refractivity contribution in [2.75, 3.05) is 26.2 Å². The number of nitrogens with zero attached hydrogens (tertiary/aromatic N) is 2. The molecule has 2 aromatic rings. The number of aliphatic carboxylic acids is 1. The molecule has 2 heterocycles. The zero-order valence-electron chi connectivity index (χ0n) is 16.6. The summed E-state index contributed by atoms with van der Waals surface area (Å²) in [5.41, 5.74) is 0.945. The predicted molar refractivity (Wildman–Crippen MR) is 109 cm³/mol. The number of carboxylic acids is 1. The van der Waals surface area contributed by atoms with Crippen LogP contribution in [0.25, 0.3) is 0 Å². The minimum absolute atomic E-state index is 0.0400. The Labute approximate surface area is 175 Å². The molecule has 10 heteroatoms. The van der Waals surface area contributed by atoms with Gasteiger partial charge in [-0.15, -0.1) is 0 Å². The number of morpholine rings is 1. The highest BCUT2D eigenvalue weighted by Gasteiger charge is 2.30. The fourth-order valence-corrected chi connectivity index (χ4v) is 4.17. The molecule has 3 rings (SSSR count). The molecule has 0 aliphatic carbocycles. The summed E-state index contributed by atoms with van der Waals surface area (Å²) in [7, 11) is -3.86. The molecule has 2 unspecified atom stereocenters. The quantitative estimate of drug-likeness (QED) is 0.602. The molecule has 9 nitrogen and oxygen atoms in total. The first-order chi connectivity index (χ1) is 14.3. The van der Waals surface area contributed by atoms with Crippen LogP contribution < -0.4 is 9.46 Å². The molecular weight excluding hydrogens is 410 g/mol. The van der Waals surface area contributed by atoms with E-state index >= 15 is 0 Å². The van der Waals surface area contributed by atoms with E-state index in [4.69, 9.17) is 9.47 Å². The first-order valence-electron chi connectivity index (χ1n) is 9.55. The molecule has 0 radical (unpaired) electrons. The van der Waals surface area contributed by atoms with E-state index in [2.05, 4.69) is 9.71 Å². The lowest BCUT2D eigenvalue weighted by atomic mass is 10.2. The lowest BCUT2D eigenvalue weighted by molar-refractivity contribution is -0.145. The van der Waals surface area contributed by atoms with Gasteiger partial charge in [0.25, 0.3) is 0 Å². The third kappa shape index (κ3) is 5.99. The fraction of sp³-hybridized carbons (Fsp3) is 0.400. The second-order valence-electron chi connectivity index (χ2n) is 7.00.